The summed E-state index contributed by atoms with van der Waals surface area (Å²) in [5, 5.41) is 10.7. The smallest absolute Gasteiger partial charge is 0.276 e. The molecule has 0 bridgehead atoms. The van der Waals surface area contributed by atoms with Crippen molar-refractivity contribution in [3.05, 3.63) is 108 Å². The molecule has 0 aliphatic carbocycles. The monoisotopic (exact) mass is 423 g/mol. The van der Waals surface area contributed by atoms with Crippen LogP contribution in [0.3, 0.4) is 0 Å². The Morgan fingerprint density at radius 3 is 2.69 bits per heavy atom. The van der Waals surface area contributed by atoms with Crippen LogP contribution < -0.4 is 5.32 Å². The standard InChI is InChI=1S/C25H18FN5O/c26-19-5-1-3-16(11-19)12-20-7-8-21(15-28-20)29-25(32)24-22-13-17(6-9-23(22)30-31-24)18-4-2-10-27-14-18/h1-11,13-15H,12H2,(H,29,32)(H,30,31). The van der Waals surface area contributed by atoms with E-state index in [2.05, 4.69) is 25.5 Å². The molecule has 32 heavy (non-hydrogen) atoms. The van der Waals surface area contributed by atoms with E-state index in [1.807, 2.05) is 42.5 Å². The van der Waals surface area contributed by atoms with Crippen LogP contribution in [0.4, 0.5) is 10.1 Å². The third-order valence-electron chi connectivity index (χ3n) is 5.13. The molecule has 5 rings (SSSR count). The van der Waals surface area contributed by atoms with Crippen LogP contribution in [0.1, 0.15) is 21.7 Å². The molecule has 0 aliphatic heterocycles. The molecule has 0 unspecified atom stereocenters. The van der Waals surface area contributed by atoms with Crippen LogP contribution in [-0.4, -0.2) is 26.1 Å². The Hall–Kier alpha value is -4.39. The zero-order valence-electron chi connectivity index (χ0n) is 16.9. The van der Waals surface area contributed by atoms with Gasteiger partial charge in [-0.1, -0.05) is 24.3 Å². The fourth-order valence-electron chi connectivity index (χ4n) is 3.55. The predicted molar refractivity (Wildman–Crippen MR) is 121 cm³/mol. The van der Waals surface area contributed by atoms with Gasteiger partial charge in [0.2, 0.25) is 0 Å². The van der Waals surface area contributed by atoms with Crippen molar-refractivity contribution in [2.45, 2.75) is 6.42 Å². The maximum Gasteiger partial charge on any atom is 0.276 e. The first-order valence-electron chi connectivity index (χ1n) is 10.0. The van der Waals surface area contributed by atoms with E-state index in [-0.39, 0.29) is 11.7 Å². The molecule has 3 aromatic heterocycles. The van der Waals surface area contributed by atoms with Crippen molar-refractivity contribution >= 4 is 22.5 Å². The first-order chi connectivity index (χ1) is 15.7. The lowest BCUT2D eigenvalue weighted by molar-refractivity contribution is 0.102. The highest BCUT2D eigenvalue weighted by molar-refractivity contribution is 6.11. The maximum atomic E-state index is 13.4. The molecule has 1 amide bonds. The lowest BCUT2D eigenvalue weighted by atomic mass is 10.0. The van der Waals surface area contributed by atoms with E-state index in [4.69, 9.17) is 0 Å². The summed E-state index contributed by atoms with van der Waals surface area (Å²) in [6.07, 6.45) is 5.59. The summed E-state index contributed by atoms with van der Waals surface area (Å²) in [5.41, 5.74) is 5.14. The zero-order valence-corrected chi connectivity index (χ0v) is 16.9. The first kappa shape index (κ1) is 19.6. The number of benzene rings is 2. The SMILES string of the molecule is O=C(Nc1ccc(Cc2cccc(F)c2)nc1)c1n[nH]c2ccc(-c3cccnc3)cc12. The average molecular weight is 423 g/mol. The molecule has 0 radical (unpaired) electrons. The van der Waals surface area contributed by atoms with Crippen molar-refractivity contribution in [2.75, 3.05) is 5.32 Å². The van der Waals surface area contributed by atoms with Gasteiger partial charge in [0.1, 0.15) is 5.82 Å². The molecule has 0 atom stereocenters. The molecule has 2 N–H and O–H groups in total. The average Bonchev–Trinajstić information content (AvgIpc) is 3.24. The van der Waals surface area contributed by atoms with E-state index in [0.717, 1.165) is 33.3 Å². The summed E-state index contributed by atoms with van der Waals surface area (Å²) >= 11 is 0. The van der Waals surface area contributed by atoms with Gasteiger partial charge in [0, 0.05) is 35.5 Å². The number of nitrogens with one attached hydrogen (secondary N) is 2. The van der Waals surface area contributed by atoms with E-state index >= 15 is 0 Å². The van der Waals surface area contributed by atoms with Crippen LogP contribution in [0.5, 0.6) is 0 Å². The Morgan fingerprint density at radius 1 is 0.969 bits per heavy atom. The molecular weight excluding hydrogens is 405 g/mol. The largest absolute Gasteiger partial charge is 0.319 e. The molecule has 2 aromatic carbocycles. The number of fused-ring (bicyclic) bond motifs is 1. The van der Waals surface area contributed by atoms with Gasteiger partial charge in [0.25, 0.3) is 5.91 Å². The Balaban J connectivity index is 1.34. The number of carbonyl (C=O) groups is 1. The minimum absolute atomic E-state index is 0.274. The molecule has 0 fully saturated rings. The summed E-state index contributed by atoms with van der Waals surface area (Å²) in [6, 6.07) is 19.6. The molecule has 0 spiro atoms. The third kappa shape index (κ3) is 4.09. The lowest BCUT2D eigenvalue weighted by Crippen LogP contribution is -2.13. The predicted octanol–water partition coefficient (Wildman–Crippen LogP) is 5.00. The topological polar surface area (TPSA) is 83.6 Å². The second-order valence-electron chi connectivity index (χ2n) is 7.37. The van der Waals surface area contributed by atoms with Gasteiger partial charge >= 0.3 is 0 Å². The van der Waals surface area contributed by atoms with Crippen LogP contribution in [-0.2, 0) is 6.42 Å². The Kier molecular flexibility index (Phi) is 5.13. The summed E-state index contributed by atoms with van der Waals surface area (Å²) in [6.45, 7) is 0. The number of carbonyl (C=O) groups excluding carboxylic acids is 1. The van der Waals surface area contributed by atoms with E-state index in [1.54, 1.807) is 30.7 Å². The molecule has 6 nitrogen and oxygen atoms in total. The summed E-state index contributed by atoms with van der Waals surface area (Å²) in [7, 11) is 0. The number of pyridine rings is 2. The quantitative estimate of drug-likeness (QED) is 0.417. The highest BCUT2D eigenvalue weighted by atomic mass is 19.1. The van der Waals surface area contributed by atoms with Crippen LogP contribution in [0.15, 0.2) is 85.3 Å². The number of aromatic amines is 1. The van der Waals surface area contributed by atoms with Gasteiger partial charge in [-0.05, 0) is 53.6 Å². The van der Waals surface area contributed by atoms with Crippen molar-refractivity contribution in [1.82, 2.24) is 20.2 Å². The molecule has 156 valence electrons. The zero-order chi connectivity index (χ0) is 21.9. The van der Waals surface area contributed by atoms with E-state index in [0.29, 0.717) is 17.8 Å². The van der Waals surface area contributed by atoms with Gasteiger partial charge in [-0.25, -0.2) is 4.39 Å². The minimum Gasteiger partial charge on any atom is -0.319 e. The molecule has 3 heterocycles. The lowest BCUT2D eigenvalue weighted by Gasteiger charge is -2.06. The number of aromatic nitrogens is 4. The second-order valence-corrected chi connectivity index (χ2v) is 7.37. The number of hydrogen-bond acceptors (Lipinski definition) is 4. The number of amides is 1. The number of nitrogens with zero attached hydrogens (tertiary/aromatic N) is 3. The summed E-state index contributed by atoms with van der Waals surface area (Å²) in [4.78, 5) is 21.4. The number of H-pyrrole nitrogens is 1. The van der Waals surface area contributed by atoms with Crippen molar-refractivity contribution in [3.8, 4) is 11.1 Å². The van der Waals surface area contributed by atoms with Gasteiger partial charge in [-0.3, -0.25) is 19.9 Å². The van der Waals surface area contributed by atoms with Crippen LogP contribution in [0.25, 0.3) is 22.0 Å². The number of anilines is 1. The van der Waals surface area contributed by atoms with Gasteiger partial charge < -0.3 is 5.32 Å². The molecule has 7 heteroatoms. The Bertz CT molecular complexity index is 1400. The molecule has 0 saturated heterocycles. The normalized spacial score (nSPS) is 10.9. The van der Waals surface area contributed by atoms with Crippen LogP contribution in [0.2, 0.25) is 0 Å². The molecule has 0 saturated carbocycles. The highest BCUT2D eigenvalue weighted by Gasteiger charge is 2.15. The Labute approximate surface area is 183 Å². The first-order valence-corrected chi connectivity index (χ1v) is 10.0. The van der Waals surface area contributed by atoms with Crippen molar-refractivity contribution in [3.63, 3.8) is 0 Å². The van der Waals surface area contributed by atoms with Gasteiger partial charge in [0.05, 0.1) is 17.4 Å². The van der Waals surface area contributed by atoms with E-state index in [9.17, 15) is 9.18 Å². The van der Waals surface area contributed by atoms with Crippen LogP contribution in [0, 0.1) is 5.82 Å². The minimum atomic E-state index is -0.334. The molecule has 5 aromatic rings. The van der Waals surface area contributed by atoms with Gasteiger partial charge in [0.15, 0.2) is 5.69 Å². The molecule has 0 aliphatic rings. The third-order valence-corrected chi connectivity index (χ3v) is 5.13. The fraction of sp³-hybridized carbons (Fsp3) is 0.0400. The second kappa shape index (κ2) is 8.39. The van der Waals surface area contributed by atoms with Crippen molar-refractivity contribution in [2.24, 2.45) is 0 Å². The fourth-order valence-corrected chi connectivity index (χ4v) is 3.55. The van der Waals surface area contributed by atoms with Crippen molar-refractivity contribution in [1.29, 1.82) is 0 Å². The Morgan fingerprint density at radius 2 is 1.91 bits per heavy atom. The van der Waals surface area contributed by atoms with E-state index < -0.39 is 0 Å². The summed E-state index contributed by atoms with van der Waals surface area (Å²) in [5.74, 6) is -0.608. The molecular formula is C25H18FN5O. The number of rotatable bonds is 5. The number of halogens is 1. The van der Waals surface area contributed by atoms with Crippen molar-refractivity contribution < 1.29 is 9.18 Å². The number of hydrogen-bond donors (Lipinski definition) is 2. The highest BCUT2D eigenvalue weighted by Crippen LogP contribution is 2.25. The van der Waals surface area contributed by atoms with Gasteiger partial charge in [-0.15, -0.1) is 0 Å². The summed E-state index contributed by atoms with van der Waals surface area (Å²) < 4.78 is 13.4. The van der Waals surface area contributed by atoms with Gasteiger partial charge in [-0.2, -0.15) is 5.10 Å². The maximum absolute atomic E-state index is 13.4. The van der Waals surface area contributed by atoms with Crippen LogP contribution >= 0.6 is 0 Å². The van der Waals surface area contributed by atoms with E-state index in [1.165, 1.54) is 12.1 Å².